The monoisotopic (exact) mass is 171 g/mol. The van der Waals surface area contributed by atoms with Crippen LogP contribution in [0.1, 0.15) is 18.5 Å². The zero-order valence-electron chi connectivity index (χ0n) is 5.90. The molecule has 11 heavy (non-hydrogen) atoms. The van der Waals surface area contributed by atoms with E-state index < -0.39 is 5.54 Å². The minimum absolute atomic E-state index is 0.248. The lowest BCUT2D eigenvalue weighted by Gasteiger charge is -2.40. The van der Waals surface area contributed by atoms with Crippen LogP contribution in [0.4, 0.5) is 0 Å². The minimum atomic E-state index is -0.396. The predicted octanol–water partition coefficient (Wildman–Crippen LogP) is -0.153. The van der Waals surface area contributed by atoms with Crippen LogP contribution >= 0.6 is 11.5 Å². The molecule has 1 saturated carbocycles. The summed E-state index contributed by atoms with van der Waals surface area (Å²) < 4.78 is 3.73. The van der Waals surface area contributed by atoms with Gasteiger partial charge in [-0.15, -0.1) is 5.10 Å². The van der Waals surface area contributed by atoms with Crippen molar-refractivity contribution in [2.24, 2.45) is 5.73 Å². The normalized spacial score (nSPS) is 36.7. The topological polar surface area (TPSA) is 72.0 Å². The van der Waals surface area contributed by atoms with Gasteiger partial charge in [-0.2, -0.15) is 0 Å². The maximum atomic E-state index is 9.06. The highest BCUT2D eigenvalue weighted by molar-refractivity contribution is 7.03. The molecular weight excluding hydrogens is 162 g/mol. The smallest absolute Gasteiger partial charge is 0.0955 e. The summed E-state index contributed by atoms with van der Waals surface area (Å²) in [6.45, 7) is 0. The summed E-state index contributed by atoms with van der Waals surface area (Å²) in [5, 5.41) is 14.8. The zero-order valence-corrected chi connectivity index (χ0v) is 6.71. The second kappa shape index (κ2) is 2.23. The molecule has 0 spiro atoms. The molecule has 1 fully saturated rings. The first-order chi connectivity index (χ1) is 5.21. The second-order valence-corrected chi connectivity index (χ2v) is 3.62. The Bertz CT molecular complexity index is 242. The highest BCUT2D eigenvalue weighted by Crippen LogP contribution is 2.37. The van der Waals surface area contributed by atoms with E-state index in [1.807, 2.05) is 5.38 Å². The first-order valence-electron chi connectivity index (χ1n) is 3.45. The lowest BCUT2D eigenvalue weighted by atomic mass is 9.73. The van der Waals surface area contributed by atoms with E-state index >= 15 is 0 Å². The third kappa shape index (κ3) is 1.05. The van der Waals surface area contributed by atoms with Gasteiger partial charge in [-0.1, -0.05) is 4.49 Å². The molecule has 1 aliphatic rings. The lowest BCUT2D eigenvalue weighted by molar-refractivity contribution is 0.0188. The maximum absolute atomic E-state index is 9.06. The van der Waals surface area contributed by atoms with E-state index in [-0.39, 0.29) is 6.10 Å². The van der Waals surface area contributed by atoms with E-state index in [1.54, 1.807) is 0 Å². The van der Waals surface area contributed by atoms with Crippen molar-refractivity contribution in [2.45, 2.75) is 24.5 Å². The van der Waals surface area contributed by atoms with Crippen LogP contribution < -0.4 is 5.73 Å². The minimum Gasteiger partial charge on any atom is -0.393 e. The molecule has 0 amide bonds. The Morgan fingerprint density at radius 3 is 2.91 bits per heavy atom. The lowest BCUT2D eigenvalue weighted by Crippen LogP contribution is -2.51. The van der Waals surface area contributed by atoms with Gasteiger partial charge in [-0.25, -0.2) is 0 Å². The molecule has 4 nitrogen and oxygen atoms in total. The first kappa shape index (κ1) is 7.15. The summed E-state index contributed by atoms with van der Waals surface area (Å²) >= 11 is 1.29. The summed E-state index contributed by atoms with van der Waals surface area (Å²) in [5.74, 6) is 0. The van der Waals surface area contributed by atoms with Gasteiger partial charge in [0.2, 0.25) is 0 Å². The van der Waals surface area contributed by atoms with Crippen LogP contribution in [0, 0.1) is 0 Å². The summed E-state index contributed by atoms with van der Waals surface area (Å²) in [7, 11) is 0. The van der Waals surface area contributed by atoms with Crippen LogP contribution in [0.3, 0.4) is 0 Å². The van der Waals surface area contributed by atoms with Crippen molar-refractivity contribution in [2.75, 3.05) is 0 Å². The average molecular weight is 171 g/mol. The number of hydrogen-bond donors (Lipinski definition) is 2. The molecule has 0 aromatic carbocycles. The molecule has 0 atom stereocenters. The van der Waals surface area contributed by atoms with Crippen molar-refractivity contribution in [3.05, 3.63) is 11.1 Å². The fourth-order valence-electron chi connectivity index (χ4n) is 1.37. The largest absolute Gasteiger partial charge is 0.393 e. The van der Waals surface area contributed by atoms with Gasteiger partial charge in [0.25, 0.3) is 0 Å². The summed E-state index contributed by atoms with van der Waals surface area (Å²) in [6.07, 6.45) is 0.971. The summed E-state index contributed by atoms with van der Waals surface area (Å²) in [5.41, 5.74) is 6.32. The van der Waals surface area contributed by atoms with E-state index in [4.69, 9.17) is 10.8 Å². The summed E-state index contributed by atoms with van der Waals surface area (Å²) in [4.78, 5) is 0. The molecule has 0 aliphatic heterocycles. The third-order valence-corrected chi connectivity index (χ3v) is 2.57. The third-order valence-electron chi connectivity index (χ3n) is 2.07. The van der Waals surface area contributed by atoms with Crippen LogP contribution in [-0.4, -0.2) is 20.8 Å². The Balaban J connectivity index is 2.18. The van der Waals surface area contributed by atoms with E-state index in [0.29, 0.717) is 12.8 Å². The number of aliphatic hydroxyl groups excluding tert-OH is 1. The van der Waals surface area contributed by atoms with Crippen LogP contribution in [0.2, 0.25) is 0 Å². The van der Waals surface area contributed by atoms with Gasteiger partial charge in [0.15, 0.2) is 0 Å². The number of rotatable bonds is 1. The molecule has 1 aromatic heterocycles. The van der Waals surface area contributed by atoms with Gasteiger partial charge in [-0.3, -0.25) is 0 Å². The van der Waals surface area contributed by atoms with Crippen molar-refractivity contribution in [1.29, 1.82) is 0 Å². The highest BCUT2D eigenvalue weighted by Gasteiger charge is 2.43. The van der Waals surface area contributed by atoms with Crippen LogP contribution in [0.25, 0.3) is 0 Å². The van der Waals surface area contributed by atoms with Crippen LogP contribution in [0.5, 0.6) is 0 Å². The average Bonchev–Trinajstić information content (AvgIpc) is 2.34. The Labute approximate surface area is 68.2 Å². The van der Waals surface area contributed by atoms with E-state index in [1.165, 1.54) is 11.5 Å². The quantitative estimate of drug-likeness (QED) is 0.616. The molecular formula is C6H9N3OS. The Hall–Kier alpha value is -0.520. The molecule has 5 heteroatoms. The number of hydrogen-bond acceptors (Lipinski definition) is 5. The molecule has 0 unspecified atom stereocenters. The van der Waals surface area contributed by atoms with E-state index in [9.17, 15) is 0 Å². The van der Waals surface area contributed by atoms with Crippen molar-refractivity contribution < 1.29 is 5.11 Å². The van der Waals surface area contributed by atoms with Gasteiger partial charge < -0.3 is 10.8 Å². The van der Waals surface area contributed by atoms with Gasteiger partial charge in [0.05, 0.1) is 17.3 Å². The molecule has 0 bridgehead atoms. The molecule has 3 N–H and O–H groups in total. The van der Waals surface area contributed by atoms with Gasteiger partial charge in [0.1, 0.15) is 0 Å². The molecule has 0 saturated heterocycles. The fraction of sp³-hybridized carbons (Fsp3) is 0.667. The van der Waals surface area contributed by atoms with Gasteiger partial charge >= 0.3 is 0 Å². The van der Waals surface area contributed by atoms with Crippen molar-refractivity contribution >= 4 is 11.5 Å². The number of nitrogens with zero attached hydrogens (tertiary/aromatic N) is 2. The molecule has 60 valence electrons. The van der Waals surface area contributed by atoms with Crippen molar-refractivity contribution in [1.82, 2.24) is 9.59 Å². The number of nitrogens with two attached hydrogens (primary N) is 1. The fourth-order valence-corrected chi connectivity index (χ4v) is 1.94. The van der Waals surface area contributed by atoms with E-state index in [2.05, 4.69) is 9.59 Å². The van der Waals surface area contributed by atoms with Crippen LogP contribution in [-0.2, 0) is 5.54 Å². The number of aliphatic hydroxyl groups is 1. The molecule has 0 radical (unpaired) electrons. The molecule has 1 aliphatic carbocycles. The molecule has 2 rings (SSSR count). The first-order valence-corrected chi connectivity index (χ1v) is 4.29. The van der Waals surface area contributed by atoms with Crippen molar-refractivity contribution in [3.63, 3.8) is 0 Å². The SMILES string of the molecule is NC1(c2csnn2)CC(O)C1. The summed E-state index contributed by atoms with van der Waals surface area (Å²) in [6, 6.07) is 0. The van der Waals surface area contributed by atoms with E-state index in [0.717, 1.165) is 5.69 Å². The number of aromatic nitrogens is 2. The standard InChI is InChI=1S/C6H9N3OS/c7-6(1-4(10)2-6)5-3-11-9-8-5/h3-4,10H,1-2,7H2. The van der Waals surface area contributed by atoms with Crippen molar-refractivity contribution in [3.8, 4) is 0 Å². The molecule has 1 aromatic rings. The zero-order chi connectivity index (χ0) is 7.90. The molecule has 1 heterocycles. The van der Waals surface area contributed by atoms with Crippen LogP contribution in [0.15, 0.2) is 5.38 Å². The highest BCUT2D eigenvalue weighted by atomic mass is 32.1. The Kier molecular flexibility index (Phi) is 1.45. The van der Waals surface area contributed by atoms with Gasteiger partial charge in [-0.05, 0) is 24.4 Å². The predicted molar refractivity (Wildman–Crippen MR) is 41.0 cm³/mol. The second-order valence-electron chi connectivity index (χ2n) is 3.01. The van der Waals surface area contributed by atoms with Gasteiger partial charge in [0, 0.05) is 5.38 Å². The maximum Gasteiger partial charge on any atom is 0.0955 e. The Morgan fingerprint density at radius 2 is 2.45 bits per heavy atom. The Morgan fingerprint density at radius 1 is 1.73 bits per heavy atom.